The zero-order chi connectivity index (χ0) is 20.9. The largest absolute Gasteiger partial charge is 0.354 e. The van der Waals surface area contributed by atoms with Gasteiger partial charge in [-0.05, 0) is 24.8 Å². The number of hydrogen-bond donors (Lipinski definition) is 1. The van der Waals surface area contributed by atoms with Gasteiger partial charge in [0.25, 0.3) is 5.56 Å². The van der Waals surface area contributed by atoms with Crippen LogP contribution >= 0.6 is 0 Å². The van der Waals surface area contributed by atoms with Gasteiger partial charge >= 0.3 is 0 Å². The summed E-state index contributed by atoms with van der Waals surface area (Å²) in [6.45, 7) is 0.975. The number of nitrogens with zero attached hydrogens (tertiary/aromatic N) is 4. The van der Waals surface area contributed by atoms with Gasteiger partial charge in [0.15, 0.2) is 5.65 Å². The molecule has 0 atom stereocenters. The first kappa shape index (κ1) is 20.3. The summed E-state index contributed by atoms with van der Waals surface area (Å²) in [5, 5.41) is 7.57. The Morgan fingerprint density at radius 2 is 2.00 bits per heavy atom. The highest BCUT2D eigenvalue weighted by Gasteiger charge is 2.17. The number of carbonyl (C=O) groups excluding carboxylic acids is 1. The SMILES string of the molecule is O=C(CC1CCCCC1)NCCn1ncc2c(=O)n(Cc3ccccc3F)cnc21. The molecule has 7 nitrogen and oxygen atoms in total. The summed E-state index contributed by atoms with van der Waals surface area (Å²) in [5.41, 5.74) is 0.621. The molecule has 0 bridgehead atoms. The number of rotatable bonds is 7. The Bertz CT molecular complexity index is 1080. The van der Waals surface area contributed by atoms with Crippen LogP contribution in [0.25, 0.3) is 11.0 Å². The average Bonchev–Trinajstić information content (AvgIpc) is 3.16. The summed E-state index contributed by atoms with van der Waals surface area (Å²) in [5.74, 6) is 0.210. The third-order valence-electron chi connectivity index (χ3n) is 5.77. The molecule has 0 unspecified atom stereocenters. The molecule has 8 heteroatoms. The third kappa shape index (κ3) is 4.58. The molecular formula is C22H26FN5O2. The summed E-state index contributed by atoms with van der Waals surface area (Å²) >= 11 is 0. The van der Waals surface area contributed by atoms with Crippen molar-refractivity contribution in [3.63, 3.8) is 0 Å². The van der Waals surface area contributed by atoms with Crippen LogP contribution in [0, 0.1) is 11.7 Å². The fraction of sp³-hybridized carbons (Fsp3) is 0.455. The van der Waals surface area contributed by atoms with E-state index < -0.39 is 0 Å². The predicted octanol–water partition coefficient (Wildman–Crippen LogP) is 2.87. The molecule has 1 amide bonds. The molecule has 4 rings (SSSR count). The molecule has 158 valence electrons. The molecule has 2 heterocycles. The van der Waals surface area contributed by atoms with E-state index in [-0.39, 0.29) is 23.8 Å². The van der Waals surface area contributed by atoms with Gasteiger partial charge in [0.05, 0.1) is 19.3 Å². The van der Waals surface area contributed by atoms with Crippen LogP contribution in [-0.4, -0.2) is 31.8 Å². The smallest absolute Gasteiger partial charge is 0.264 e. The lowest BCUT2D eigenvalue weighted by atomic mass is 9.87. The van der Waals surface area contributed by atoms with Crippen LogP contribution in [-0.2, 0) is 17.9 Å². The van der Waals surface area contributed by atoms with Crippen LogP contribution in [0.1, 0.15) is 44.1 Å². The molecule has 1 aliphatic carbocycles. The Morgan fingerprint density at radius 1 is 1.20 bits per heavy atom. The third-order valence-corrected chi connectivity index (χ3v) is 5.77. The lowest BCUT2D eigenvalue weighted by molar-refractivity contribution is -0.122. The first-order chi connectivity index (χ1) is 14.6. The molecule has 0 spiro atoms. The van der Waals surface area contributed by atoms with Crippen molar-refractivity contribution < 1.29 is 9.18 Å². The summed E-state index contributed by atoms with van der Waals surface area (Å²) in [7, 11) is 0. The number of fused-ring (bicyclic) bond motifs is 1. The molecule has 0 aliphatic heterocycles. The fourth-order valence-electron chi connectivity index (χ4n) is 4.11. The topological polar surface area (TPSA) is 81.8 Å². The van der Waals surface area contributed by atoms with Crippen molar-refractivity contribution in [1.29, 1.82) is 0 Å². The van der Waals surface area contributed by atoms with Crippen molar-refractivity contribution in [2.45, 2.75) is 51.6 Å². The van der Waals surface area contributed by atoms with E-state index in [1.54, 1.807) is 22.9 Å². The molecular weight excluding hydrogens is 385 g/mol. The van der Waals surface area contributed by atoms with Gasteiger partial charge in [0, 0.05) is 18.5 Å². The number of halogens is 1. The maximum absolute atomic E-state index is 13.9. The van der Waals surface area contributed by atoms with Gasteiger partial charge in [-0.2, -0.15) is 5.10 Å². The van der Waals surface area contributed by atoms with Crippen LogP contribution in [0.2, 0.25) is 0 Å². The molecule has 2 aromatic heterocycles. The number of hydrogen-bond acceptors (Lipinski definition) is 4. The maximum atomic E-state index is 13.9. The van der Waals surface area contributed by atoms with Crippen molar-refractivity contribution in [2.75, 3.05) is 6.54 Å². The second kappa shape index (κ2) is 9.19. The first-order valence-corrected chi connectivity index (χ1v) is 10.5. The highest BCUT2D eigenvalue weighted by atomic mass is 19.1. The summed E-state index contributed by atoms with van der Waals surface area (Å²) in [6.07, 6.45) is 9.47. The van der Waals surface area contributed by atoms with Gasteiger partial charge in [-0.1, -0.05) is 37.5 Å². The Balaban J connectivity index is 1.38. The summed E-state index contributed by atoms with van der Waals surface area (Å²) < 4.78 is 16.9. The molecule has 1 aromatic carbocycles. The van der Waals surface area contributed by atoms with Gasteiger partial charge in [-0.15, -0.1) is 0 Å². The van der Waals surface area contributed by atoms with E-state index in [9.17, 15) is 14.0 Å². The first-order valence-electron chi connectivity index (χ1n) is 10.5. The van der Waals surface area contributed by atoms with Gasteiger partial charge in [-0.3, -0.25) is 14.2 Å². The molecule has 1 saturated carbocycles. The van der Waals surface area contributed by atoms with E-state index in [1.165, 1.54) is 42.4 Å². The van der Waals surface area contributed by atoms with Crippen LogP contribution in [0.5, 0.6) is 0 Å². The molecule has 1 aliphatic rings. The molecule has 1 N–H and O–H groups in total. The molecule has 1 fully saturated rings. The maximum Gasteiger partial charge on any atom is 0.264 e. The number of amides is 1. The van der Waals surface area contributed by atoms with Crippen molar-refractivity contribution in [3.05, 3.63) is 58.5 Å². The quantitative estimate of drug-likeness (QED) is 0.648. The van der Waals surface area contributed by atoms with Crippen molar-refractivity contribution >= 4 is 16.9 Å². The van der Waals surface area contributed by atoms with E-state index in [0.717, 1.165) is 12.8 Å². The number of carbonyl (C=O) groups is 1. The van der Waals surface area contributed by atoms with E-state index in [1.807, 2.05) is 0 Å². The normalized spacial score (nSPS) is 14.8. The van der Waals surface area contributed by atoms with E-state index >= 15 is 0 Å². The van der Waals surface area contributed by atoms with Gasteiger partial charge < -0.3 is 5.32 Å². The van der Waals surface area contributed by atoms with Gasteiger partial charge in [-0.25, -0.2) is 14.1 Å². The zero-order valence-corrected chi connectivity index (χ0v) is 16.9. The van der Waals surface area contributed by atoms with E-state index in [0.29, 0.717) is 42.0 Å². The van der Waals surface area contributed by atoms with Gasteiger partial charge in [0.2, 0.25) is 5.91 Å². The number of nitrogens with one attached hydrogen (secondary N) is 1. The highest BCUT2D eigenvalue weighted by molar-refractivity contribution is 5.76. The van der Waals surface area contributed by atoms with Crippen LogP contribution in [0.3, 0.4) is 0 Å². The average molecular weight is 411 g/mol. The number of benzene rings is 1. The van der Waals surface area contributed by atoms with Crippen LogP contribution in [0.4, 0.5) is 4.39 Å². The zero-order valence-electron chi connectivity index (χ0n) is 16.9. The standard InChI is InChI=1S/C22H26FN5O2/c23-19-9-5-4-8-17(19)14-27-15-25-21-18(22(27)30)13-26-28(21)11-10-24-20(29)12-16-6-2-1-3-7-16/h4-5,8-9,13,15-16H,1-3,6-7,10-12,14H2,(H,24,29). The Morgan fingerprint density at radius 3 is 2.80 bits per heavy atom. The van der Waals surface area contributed by atoms with E-state index in [4.69, 9.17) is 0 Å². The lowest BCUT2D eigenvalue weighted by Crippen LogP contribution is -2.29. The van der Waals surface area contributed by atoms with Crippen LogP contribution < -0.4 is 10.9 Å². The van der Waals surface area contributed by atoms with Crippen molar-refractivity contribution in [1.82, 2.24) is 24.6 Å². The van der Waals surface area contributed by atoms with Crippen molar-refractivity contribution in [2.24, 2.45) is 5.92 Å². The van der Waals surface area contributed by atoms with Gasteiger partial charge in [0.1, 0.15) is 17.5 Å². The molecule has 30 heavy (non-hydrogen) atoms. The predicted molar refractivity (Wildman–Crippen MR) is 111 cm³/mol. The Kier molecular flexibility index (Phi) is 6.21. The van der Waals surface area contributed by atoms with Crippen molar-refractivity contribution in [3.8, 4) is 0 Å². The Labute approximate surface area is 173 Å². The minimum atomic E-state index is -0.357. The highest BCUT2D eigenvalue weighted by Crippen LogP contribution is 2.26. The minimum absolute atomic E-state index is 0.0681. The summed E-state index contributed by atoms with van der Waals surface area (Å²) in [4.78, 5) is 29.2. The monoisotopic (exact) mass is 411 g/mol. The molecule has 0 radical (unpaired) electrons. The minimum Gasteiger partial charge on any atom is -0.354 e. The molecule has 0 saturated heterocycles. The summed E-state index contributed by atoms with van der Waals surface area (Å²) in [6, 6.07) is 6.36. The van der Waals surface area contributed by atoms with Crippen LogP contribution in [0.15, 0.2) is 41.6 Å². The second-order valence-electron chi connectivity index (χ2n) is 7.93. The van der Waals surface area contributed by atoms with E-state index in [2.05, 4.69) is 15.4 Å². The second-order valence-corrected chi connectivity index (χ2v) is 7.93. The Hall–Kier alpha value is -3.03. The molecule has 3 aromatic rings. The fourth-order valence-corrected chi connectivity index (χ4v) is 4.11. The lowest BCUT2D eigenvalue weighted by Gasteiger charge is -2.20. The number of aromatic nitrogens is 4.